The number of sulfonamides is 1. The SMILES string of the molecule is CC(NC(=O)C1CCN(S(=O)(=O)c2ccc3ccccc3c2)CC1)c1cccs1. The van der Waals surface area contributed by atoms with Crippen molar-refractivity contribution < 1.29 is 13.2 Å². The van der Waals surface area contributed by atoms with Gasteiger partial charge < -0.3 is 5.32 Å². The minimum Gasteiger partial charge on any atom is -0.349 e. The second-order valence-electron chi connectivity index (χ2n) is 7.43. The topological polar surface area (TPSA) is 66.5 Å². The van der Waals surface area contributed by atoms with Crippen LogP contribution in [0.3, 0.4) is 0 Å². The predicted molar refractivity (Wildman–Crippen MR) is 116 cm³/mol. The zero-order valence-electron chi connectivity index (χ0n) is 16.2. The van der Waals surface area contributed by atoms with Crippen LogP contribution in [0.4, 0.5) is 0 Å². The van der Waals surface area contributed by atoms with Gasteiger partial charge in [0.1, 0.15) is 0 Å². The Hall–Kier alpha value is -2.22. The molecule has 152 valence electrons. The van der Waals surface area contributed by atoms with E-state index in [9.17, 15) is 13.2 Å². The molecular formula is C22H24N2O3S2. The molecule has 1 amide bonds. The highest BCUT2D eigenvalue weighted by atomic mass is 32.2. The van der Waals surface area contributed by atoms with E-state index in [1.54, 1.807) is 23.5 Å². The standard InChI is InChI=1S/C22H24N2O3S2/c1-16(21-7-4-14-28-21)23-22(25)18-10-12-24(13-11-18)29(26,27)20-9-8-17-5-2-3-6-19(17)15-20/h2-9,14-16,18H,10-13H2,1H3,(H,23,25). The fraction of sp³-hybridized carbons (Fsp3) is 0.318. The lowest BCUT2D eigenvalue weighted by molar-refractivity contribution is -0.126. The summed E-state index contributed by atoms with van der Waals surface area (Å²) in [6.45, 7) is 2.70. The second kappa shape index (κ2) is 8.26. The van der Waals surface area contributed by atoms with Crippen LogP contribution in [0.25, 0.3) is 10.8 Å². The van der Waals surface area contributed by atoms with Crippen LogP contribution in [0, 0.1) is 5.92 Å². The number of piperidine rings is 1. The fourth-order valence-corrected chi connectivity index (χ4v) is 6.02. The molecule has 1 fully saturated rings. The molecule has 2 heterocycles. The zero-order valence-corrected chi connectivity index (χ0v) is 17.9. The van der Waals surface area contributed by atoms with Gasteiger partial charge in [0.15, 0.2) is 0 Å². The maximum absolute atomic E-state index is 13.1. The monoisotopic (exact) mass is 428 g/mol. The van der Waals surface area contributed by atoms with Crippen molar-refractivity contribution in [1.82, 2.24) is 9.62 Å². The molecule has 1 atom stereocenters. The number of thiophene rings is 1. The van der Waals surface area contributed by atoms with Crippen LogP contribution in [-0.4, -0.2) is 31.7 Å². The number of benzene rings is 2. The Morgan fingerprint density at radius 1 is 1.07 bits per heavy atom. The quantitative estimate of drug-likeness (QED) is 0.663. The molecule has 0 aliphatic carbocycles. The van der Waals surface area contributed by atoms with Crippen LogP contribution in [0.1, 0.15) is 30.7 Å². The summed E-state index contributed by atoms with van der Waals surface area (Å²) in [6, 6.07) is 16.9. The Morgan fingerprint density at radius 3 is 2.48 bits per heavy atom. The van der Waals surface area contributed by atoms with Crippen molar-refractivity contribution in [1.29, 1.82) is 0 Å². The van der Waals surface area contributed by atoms with E-state index < -0.39 is 10.0 Å². The van der Waals surface area contributed by atoms with E-state index in [1.807, 2.05) is 54.8 Å². The van der Waals surface area contributed by atoms with E-state index in [4.69, 9.17) is 0 Å². The molecule has 1 saturated heterocycles. The molecule has 7 heteroatoms. The predicted octanol–water partition coefficient (Wildman–Crippen LogP) is 4.18. The Kier molecular flexibility index (Phi) is 5.72. The normalized spacial score (nSPS) is 17.3. The van der Waals surface area contributed by atoms with Crippen LogP contribution in [0.5, 0.6) is 0 Å². The van der Waals surface area contributed by atoms with Crippen LogP contribution < -0.4 is 5.32 Å². The van der Waals surface area contributed by atoms with Crippen LogP contribution >= 0.6 is 11.3 Å². The number of hydrogen-bond donors (Lipinski definition) is 1. The molecule has 0 radical (unpaired) electrons. The Morgan fingerprint density at radius 2 is 1.79 bits per heavy atom. The molecular weight excluding hydrogens is 404 g/mol. The molecule has 29 heavy (non-hydrogen) atoms. The van der Waals surface area contributed by atoms with Crippen molar-refractivity contribution in [3.05, 3.63) is 64.9 Å². The average molecular weight is 429 g/mol. The lowest BCUT2D eigenvalue weighted by Gasteiger charge is -2.31. The first-order valence-electron chi connectivity index (χ1n) is 9.78. The van der Waals surface area contributed by atoms with Crippen molar-refractivity contribution in [3.63, 3.8) is 0 Å². The molecule has 1 aliphatic heterocycles. The third-order valence-electron chi connectivity index (χ3n) is 5.51. The van der Waals surface area contributed by atoms with Gasteiger partial charge in [0.25, 0.3) is 0 Å². The van der Waals surface area contributed by atoms with Gasteiger partial charge in [-0.05, 0) is 54.1 Å². The number of nitrogens with zero attached hydrogens (tertiary/aromatic N) is 1. The molecule has 4 rings (SSSR count). The average Bonchev–Trinajstić information content (AvgIpc) is 3.28. The summed E-state index contributed by atoms with van der Waals surface area (Å²) >= 11 is 1.62. The van der Waals surface area contributed by atoms with Gasteiger partial charge in [-0.15, -0.1) is 11.3 Å². The first-order chi connectivity index (χ1) is 13.9. The van der Waals surface area contributed by atoms with Crippen LogP contribution in [-0.2, 0) is 14.8 Å². The van der Waals surface area contributed by atoms with Crippen molar-refractivity contribution in [3.8, 4) is 0 Å². The summed E-state index contributed by atoms with van der Waals surface area (Å²) in [6.07, 6.45) is 1.08. The maximum atomic E-state index is 13.1. The van der Waals surface area contributed by atoms with Gasteiger partial charge in [-0.25, -0.2) is 8.42 Å². The number of carbonyl (C=O) groups excluding carboxylic acids is 1. The summed E-state index contributed by atoms with van der Waals surface area (Å²) in [5.74, 6) is -0.144. The molecule has 0 saturated carbocycles. The molecule has 3 aromatic rings. The highest BCUT2D eigenvalue weighted by Gasteiger charge is 2.32. The zero-order chi connectivity index (χ0) is 20.4. The second-order valence-corrected chi connectivity index (χ2v) is 10.4. The van der Waals surface area contributed by atoms with Gasteiger partial charge in [0.05, 0.1) is 10.9 Å². The van der Waals surface area contributed by atoms with Gasteiger partial charge in [0.2, 0.25) is 15.9 Å². The smallest absolute Gasteiger partial charge is 0.243 e. The summed E-state index contributed by atoms with van der Waals surface area (Å²) in [5, 5.41) is 6.98. The molecule has 2 aromatic carbocycles. The molecule has 1 aliphatic rings. The van der Waals surface area contributed by atoms with Gasteiger partial charge in [0, 0.05) is 23.9 Å². The van der Waals surface area contributed by atoms with Gasteiger partial charge in [-0.2, -0.15) is 4.31 Å². The Balaban J connectivity index is 1.41. The first-order valence-corrected chi connectivity index (χ1v) is 12.1. The minimum atomic E-state index is -3.56. The third-order valence-corrected chi connectivity index (χ3v) is 8.46. The number of fused-ring (bicyclic) bond motifs is 1. The fourth-order valence-electron chi connectivity index (χ4n) is 3.78. The Bertz CT molecular complexity index is 1100. The van der Waals surface area contributed by atoms with E-state index >= 15 is 0 Å². The highest BCUT2D eigenvalue weighted by Crippen LogP contribution is 2.27. The minimum absolute atomic E-state index is 0.00801. The van der Waals surface area contributed by atoms with E-state index in [2.05, 4.69) is 5.32 Å². The van der Waals surface area contributed by atoms with E-state index in [-0.39, 0.29) is 17.9 Å². The van der Waals surface area contributed by atoms with Crippen molar-refractivity contribution in [2.75, 3.05) is 13.1 Å². The van der Waals surface area contributed by atoms with E-state index in [0.29, 0.717) is 30.8 Å². The molecule has 1 aromatic heterocycles. The highest BCUT2D eigenvalue weighted by molar-refractivity contribution is 7.89. The maximum Gasteiger partial charge on any atom is 0.243 e. The number of amides is 1. The number of rotatable bonds is 5. The lowest BCUT2D eigenvalue weighted by atomic mass is 9.97. The largest absolute Gasteiger partial charge is 0.349 e. The lowest BCUT2D eigenvalue weighted by Crippen LogP contribution is -2.43. The molecule has 0 spiro atoms. The van der Waals surface area contributed by atoms with Crippen molar-refractivity contribution >= 4 is 38.0 Å². The molecule has 1 N–H and O–H groups in total. The van der Waals surface area contributed by atoms with Crippen molar-refractivity contribution in [2.45, 2.75) is 30.7 Å². The van der Waals surface area contributed by atoms with Gasteiger partial charge in [-0.1, -0.05) is 36.4 Å². The molecule has 5 nitrogen and oxygen atoms in total. The summed E-state index contributed by atoms with van der Waals surface area (Å²) in [4.78, 5) is 14.0. The summed E-state index contributed by atoms with van der Waals surface area (Å²) in [5.41, 5.74) is 0. The number of carbonyl (C=O) groups is 1. The first kappa shape index (κ1) is 20.1. The Labute approximate surface area is 175 Å². The van der Waals surface area contributed by atoms with E-state index in [1.165, 1.54) is 4.31 Å². The van der Waals surface area contributed by atoms with Gasteiger partial charge >= 0.3 is 0 Å². The van der Waals surface area contributed by atoms with Crippen LogP contribution in [0.15, 0.2) is 64.9 Å². The van der Waals surface area contributed by atoms with Crippen molar-refractivity contribution in [2.24, 2.45) is 5.92 Å². The molecule has 1 unspecified atom stereocenters. The summed E-state index contributed by atoms with van der Waals surface area (Å²) < 4.78 is 27.6. The summed E-state index contributed by atoms with van der Waals surface area (Å²) in [7, 11) is -3.56. The number of nitrogens with one attached hydrogen (secondary N) is 1. The third kappa shape index (κ3) is 4.22. The van der Waals surface area contributed by atoms with Crippen LogP contribution in [0.2, 0.25) is 0 Å². The van der Waals surface area contributed by atoms with E-state index in [0.717, 1.165) is 15.6 Å². The molecule has 0 bridgehead atoms. The van der Waals surface area contributed by atoms with Gasteiger partial charge in [-0.3, -0.25) is 4.79 Å². The number of hydrogen-bond acceptors (Lipinski definition) is 4.